The van der Waals surface area contributed by atoms with Gasteiger partial charge >= 0.3 is 0 Å². The standard InChI is InChI=1S/C20H17F2N3O2S2/c1-12-2-5-14(6-3-12)23-18(26)10-28-11-19(27)25-20-24-17(9-29-20)15-8-13(21)4-7-16(15)22/h2-9H,10-11H2,1H3,(H,23,26)(H,24,25,27). The second-order valence-corrected chi connectivity index (χ2v) is 7.96. The summed E-state index contributed by atoms with van der Waals surface area (Å²) in [5.74, 6) is -1.52. The molecule has 0 aliphatic rings. The first-order valence-electron chi connectivity index (χ1n) is 8.56. The van der Waals surface area contributed by atoms with E-state index in [0.29, 0.717) is 5.69 Å². The lowest BCUT2D eigenvalue weighted by atomic mass is 10.1. The van der Waals surface area contributed by atoms with Crippen molar-refractivity contribution < 1.29 is 18.4 Å². The summed E-state index contributed by atoms with van der Waals surface area (Å²) in [7, 11) is 0. The van der Waals surface area contributed by atoms with Crippen molar-refractivity contribution in [3.8, 4) is 11.3 Å². The van der Waals surface area contributed by atoms with Gasteiger partial charge in [-0.25, -0.2) is 13.8 Å². The number of carbonyl (C=O) groups is 2. The molecule has 150 valence electrons. The van der Waals surface area contributed by atoms with Crippen LogP contribution in [-0.2, 0) is 9.59 Å². The Kier molecular flexibility index (Phi) is 6.95. The number of carbonyl (C=O) groups excluding carboxylic acids is 2. The van der Waals surface area contributed by atoms with Crippen LogP contribution in [0.25, 0.3) is 11.3 Å². The van der Waals surface area contributed by atoms with E-state index in [4.69, 9.17) is 0 Å². The molecule has 2 aromatic carbocycles. The Hall–Kier alpha value is -2.78. The minimum atomic E-state index is -0.593. The molecule has 29 heavy (non-hydrogen) atoms. The topological polar surface area (TPSA) is 71.1 Å². The molecule has 3 rings (SSSR count). The van der Waals surface area contributed by atoms with Crippen molar-refractivity contribution in [2.45, 2.75) is 6.92 Å². The summed E-state index contributed by atoms with van der Waals surface area (Å²) in [5.41, 5.74) is 2.07. The summed E-state index contributed by atoms with van der Waals surface area (Å²) < 4.78 is 27.1. The number of amides is 2. The van der Waals surface area contributed by atoms with Crippen molar-refractivity contribution in [3.63, 3.8) is 0 Å². The van der Waals surface area contributed by atoms with E-state index in [2.05, 4.69) is 15.6 Å². The molecule has 1 heterocycles. The van der Waals surface area contributed by atoms with Gasteiger partial charge in [-0.1, -0.05) is 17.7 Å². The van der Waals surface area contributed by atoms with Crippen LogP contribution in [0.4, 0.5) is 19.6 Å². The molecule has 0 bridgehead atoms. The van der Waals surface area contributed by atoms with Gasteiger partial charge in [0.15, 0.2) is 5.13 Å². The SMILES string of the molecule is Cc1ccc(NC(=O)CSCC(=O)Nc2nc(-c3cc(F)ccc3F)cs2)cc1. The lowest BCUT2D eigenvalue weighted by Gasteiger charge is -2.05. The van der Waals surface area contributed by atoms with Gasteiger partial charge in [0.25, 0.3) is 0 Å². The summed E-state index contributed by atoms with van der Waals surface area (Å²) in [4.78, 5) is 28.1. The average Bonchev–Trinajstić information content (AvgIpc) is 3.13. The molecule has 9 heteroatoms. The van der Waals surface area contributed by atoms with E-state index in [1.54, 1.807) is 0 Å². The number of nitrogens with zero attached hydrogens (tertiary/aromatic N) is 1. The second kappa shape index (κ2) is 9.62. The molecule has 0 unspecified atom stereocenters. The molecule has 0 atom stereocenters. The summed E-state index contributed by atoms with van der Waals surface area (Å²) in [6.45, 7) is 1.96. The molecular weight excluding hydrogens is 416 g/mol. The summed E-state index contributed by atoms with van der Waals surface area (Å²) in [6, 6.07) is 10.5. The number of aryl methyl sites for hydroxylation is 1. The Balaban J connectivity index is 1.46. The van der Waals surface area contributed by atoms with Gasteiger partial charge in [0, 0.05) is 16.6 Å². The number of halogens is 2. The molecule has 0 radical (unpaired) electrons. The van der Waals surface area contributed by atoms with E-state index >= 15 is 0 Å². The number of nitrogens with one attached hydrogen (secondary N) is 2. The Morgan fingerprint density at radius 1 is 1.03 bits per heavy atom. The highest BCUT2D eigenvalue weighted by atomic mass is 32.2. The van der Waals surface area contributed by atoms with E-state index < -0.39 is 11.6 Å². The lowest BCUT2D eigenvalue weighted by Crippen LogP contribution is -2.18. The zero-order valence-electron chi connectivity index (χ0n) is 15.4. The first-order valence-corrected chi connectivity index (χ1v) is 10.6. The highest BCUT2D eigenvalue weighted by molar-refractivity contribution is 8.00. The summed E-state index contributed by atoms with van der Waals surface area (Å²) >= 11 is 2.27. The first-order chi connectivity index (χ1) is 13.9. The number of rotatable bonds is 7. The fourth-order valence-corrected chi connectivity index (χ4v) is 3.72. The Bertz CT molecular complexity index is 1020. The molecule has 2 amide bonds. The molecule has 1 aromatic heterocycles. The molecule has 0 saturated heterocycles. The predicted octanol–water partition coefficient (Wildman–Crippen LogP) is 4.71. The smallest absolute Gasteiger partial charge is 0.236 e. The van der Waals surface area contributed by atoms with Crippen molar-refractivity contribution in [3.05, 3.63) is 65.0 Å². The fourth-order valence-electron chi connectivity index (χ4n) is 2.37. The quantitative estimate of drug-likeness (QED) is 0.566. The fraction of sp³-hybridized carbons (Fsp3) is 0.150. The van der Waals surface area contributed by atoms with Crippen molar-refractivity contribution in [1.82, 2.24) is 4.98 Å². The maximum Gasteiger partial charge on any atom is 0.236 e. The van der Waals surface area contributed by atoms with Gasteiger partial charge in [-0.05, 0) is 37.3 Å². The third-order valence-electron chi connectivity index (χ3n) is 3.76. The molecule has 0 spiro atoms. The largest absolute Gasteiger partial charge is 0.325 e. The minimum absolute atomic E-state index is 0.0314. The molecule has 0 aliphatic carbocycles. The summed E-state index contributed by atoms with van der Waals surface area (Å²) in [6.07, 6.45) is 0. The lowest BCUT2D eigenvalue weighted by molar-refractivity contribution is -0.114. The normalized spacial score (nSPS) is 10.6. The van der Waals surface area contributed by atoms with Crippen LogP contribution < -0.4 is 10.6 Å². The number of thioether (sulfide) groups is 1. The molecule has 2 N–H and O–H groups in total. The number of hydrogen-bond donors (Lipinski definition) is 2. The van der Waals surface area contributed by atoms with Crippen LogP contribution in [-0.4, -0.2) is 28.3 Å². The van der Waals surface area contributed by atoms with Gasteiger partial charge in [-0.2, -0.15) is 0 Å². The minimum Gasteiger partial charge on any atom is -0.325 e. The van der Waals surface area contributed by atoms with E-state index in [1.807, 2.05) is 31.2 Å². The molecule has 0 fully saturated rings. The maximum atomic E-state index is 13.8. The van der Waals surface area contributed by atoms with E-state index in [1.165, 1.54) is 5.38 Å². The van der Waals surface area contributed by atoms with Gasteiger partial charge in [-0.15, -0.1) is 23.1 Å². The zero-order valence-corrected chi connectivity index (χ0v) is 17.0. The Morgan fingerprint density at radius 3 is 2.45 bits per heavy atom. The van der Waals surface area contributed by atoms with Crippen LogP contribution >= 0.6 is 23.1 Å². The molecule has 0 saturated carbocycles. The highest BCUT2D eigenvalue weighted by Gasteiger charge is 2.13. The number of thiazole rings is 1. The van der Waals surface area contributed by atoms with Crippen molar-refractivity contribution in [2.24, 2.45) is 0 Å². The number of anilines is 2. The molecule has 5 nitrogen and oxygen atoms in total. The number of benzene rings is 2. The van der Waals surface area contributed by atoms with Crippen molar-refractivity contribution in [2.75, 3.05) is 22.1 Å². The third-order valence-corrected chi connectivity index (χ3v) is 5.45. The van der Waals surface area contributed by atoms with Gasteiger partial charge in [0.2, 0.25) is 11.8 Å². The van der Waals surface area contributed by atoms with Crippen LogP contribution in [0.15, 0.2) is 47.8 Å². The van der Waals surface area contributed by atoms with Gasteiger partial charge in [0.05, 0.1) is 17.2 Å². The number of hydrogen-bond acceptors (Lipinski definition) is 5. The van der Waals surface area contributed by atoms with E-state index in [-0.39, 0.29) is 39.7 Å². The Labute approximate surface area is 174 Å². The number of aromatic nitrogens is 1. The van der Waals surface area contributed by atoms with Crippen LogP contribution in [0.1, 0.15) is 5.56 Å². The highest BCUT2D eigenvalue weighted by Crippen LogP contribution is 2.27. The Morgan fingerprint density at radius 2 is 1.72 bits per heavy atom. The monoisotopic (exact) mass is 433 g/mol. The van der Waals surface area contributed by atoms with Crippen molar-refractivity contribution in [1.29, 1.82) is 0 Å². The van der Waals surface area contributed by atoms with Crippen LogP contribution in [0.3, 0.4) is 0 Å². The first kappa shape index (κ1) is 20.9. The van der Waals surface area contributed by atoms with Crippen molar-refractivity contribution >= 4 is 45.7 Å². The van der Waals surface area contributed by atoms with Crippen LogP contribution in [0.2, 0.25) is 0 Å². The second-order valence-electron chi connectivity index (χ2n) is 6.12. The molecular formula is C20H17F2N3O2S2. The van der Waals surface area contributed by atoms with Gasteiger partial charge < -0.3 is 10.6 Å². The molecule has 0 aliphatic heterocycles. The predicted molar refractivity (Wildman–Crippen MR) is 113 cm³/mol. The van der Waals surface area contributed by atoms with Crippen LogP contribution in [0.5, 0.6) is 0 Å². The van der Waals surface area contributed by atoms with Crippen LogP contribution in [0, 0.1) is 18.6 Å². The van der Waals surface area contributed by atoms with Gasteiger partial charge in [-0.3, -0.25) is 9.59 Å². The average molecular weight is 434 g/mol. The maximum absolute atomic E-state index is 13.8. The van der Waals surface area contributed by atoms with E-state index in [0.717, 1.165) is 46.9 Å². The zero-order chi connectivity index (χ0) is 20.8. The molecule has 3 aromatic rings. The third kappa shape index (κ3) is 6.10. The van der Waals surface area contributed by atoms with E-state index in [9.17, 15) is 18.4 Å². The van der Waals surface area contributed by atoms with Gasteiger partial charge in [0.1, 0.15) is 11.6 Å². The summed E-state index contributed by atoms with van der Waals surface area (Å²) in [5, 5.41) is 7.17.